The maximum Gasteiger partial charge on any atom is 0.261 e. The highest BCUT2D eigenvalue weighted by atomic mass is 35.5. The Bertz CT molecular complexity index is 1330. The molecule has 194 valence electrons. The van der Waals surface area contributed by atoms with Crippen molar-refractivity contribution in [2.45, 2.75) is 25.6 Å². The normalized spacial score (nSPS) is 11.4. The average Bonchev–Trinajstić information content (AvgIpc) is 2.95. The summed E-state index contributed by atoms with van der Waals surface area (Å²) in [6.45, 7) is 0.249. The van der Waals surface area contributed by atoms with Crippen LogP contribution in [0, 0.1) is 0 Å². The Labute approximate surface area is 233 Å². The number of carbonyl (C=O) groups is 2. The third-order valence-corrected chi connectivity index (χ3v) is 6.67. The second kappa shape index (κ2) is 13.7. The first-order chi connectivity index (χ1) is 18.5. The number of nitrogens with zero attached hydrogens (tertiary/aromatic N) is 1. The van der Waals surface area contributed by atoms with E-state index in [2.05, 4.69) is 5.32 Å². The van der Waals surface area contributed by atoms with Gasteiger partial charge in [-0.3, -0.25) is 9.59 Å². The standard InChI is InChI=1S/C31H28Cl2N2O3/c32-26-17-15-24(16-18-26)21-35(30(36)22-38-27-12-5-2-6-13-27)29(19-23-9-3-1-4-10-23)31(37)34-20-25-11-7-8-14-28(25)33/h1-18,29H,19-22H2,(H,34,37)/t29-/m0/s1. The second-order valence-corrected chi connectivity index (χ2v) is 9.61. The van der Waals surface area contributed by atoms with Crippen LogP contribution in [0.2, 0.25) is 10.0 Å². The number of amides is 2. The highest BCUT2D eigenvalue weighted by Crippen LogP contribution is 2.19. The van der Waals surface area contributed by atoms with Crippen molar-refractivity contribution in [3.63, 3.8) is 0 Å². The van der Waals surface area contributed by atoms with Crippen LogP contribution in [-0.2, 0) is 29.1 Å². The first kappa shape index (κ1) is 27.2. The Morgan fingerprint density at radius 1 is 0.763 bits per heavy atom. The number of halogens is 2. The van der Waals surface area contributed by atoms with E-state index in [-0.39, 0.29) is 31.5 Å². The summed E-state index contributed by atoms with van der Waals surface area (Å²) in [5.41, 5.74) is 2.58. The fraction of sp³-hybridized carbons (Fsp3) is 0.161. The van der Waals surface area contributed by atoms with E-state index in [1.807, 2.05) is 78.9 Å². The zero-order chi connectivity index (χ0) is 26.7. The van der Waals surface area contributed by atoms with Gasteiger partial charge in [-0.15, -0.1) is 0 Å². The van der Waals surface area contributed by atoms with Crippen LogP contribution in [0.1, 0.15) is 16.7 Å². The van der Waals surface area contributed by atoms with E-state index in [9.17, 15) is 9.59 Å². The van der Waals surface area contributed by atoms with E-state index in [4.69, 9.17) is 27.9 Å². The number of rotatable bonds is 11. The van der Waals surface area contributed by atoms with Crippen LogP contribution in [-0.4, -0.2) is 29.4 Å². The summed E-state index contributed by atoms with van der Waals surface area (Å²) in [6, 6.07) is 32.6. The number of carbonyl (C=O) groups excluding carboxylic acids is 2. The van der Waals surface area contributed by atoms with Crippen LogP contribution in [0.15, 0.2) is 109 Å². The lowest BCUT2D eigenvalue weighted by atomic mass is 10.0. The van der Waals surface area contributed by atoms with E-state index in [0.717, 1.165) is 16.7 Å². The SMILES string of the molecule is O=C(NCc1ccccc1Cl)[C@H](Cc1ccccc1)N(Cc1ccc(Cl)cc1)C(=O)COc1ccccc1. The average molecular weight is 547 g/mol. The second-order valence-electron chi connectivity index (χ2n) is 8.76. The van der Waals surface area contributed by atoms with Crippen molar-refractivity contribution in [3.05, 3.63) is 136 Å². The van der Waals surface area contributed by atoms with Gasteiger partial charge in [0.25, 0.3) is 5.91 Å². The molecule has 0 saturated heterocycles. The van der Waals surface area contributed by atoms with Crippen LogP contribution < -0.4 is 10.1 Å². The summed E-state index contributed by atoms with van der Waals surface area (Å²) in [4.78, 5) is 28.9. The molecule has 0 heterocycles. The van der Waals surface area contributed by atoms with Crippen molar-refractivity contribution in [2.24, 2.45) is 0 Å². The molecule has 0 saturated carbocycles. The number of benzene rings is 4. The number of hydrogen-bond acceptors (Lipinski definition) is 3. The summed E-state index contributed by atoms with van der Waals surface area (Å²) >= 11 is 12.4. The lowest BCUT2D eigenvalue weighted by Gasteiger charge is -2.31. The molecule has 1 atom stereocenters. The largest absolute Gasteiger partial charge is 0.484 e. The van der Waals surface area contributed by atoms with Gasteiger partial charge in [0, 0.05) is 29.6 Å². The number of hydrogen-bond donors (Lipinski definition) is 1. The molecule has 0 fully saturated rings. The monoisotopic (exact) mass is 546 g/mol. The molecule has 5 nitrogen and oxygen atoms in total. The Morgan fingerprint density at radius 2 is 1.39 bits per heavy atom. The van der Waals surface area contributed by atoms with E-state index in [0.29, 0.717) is 22.2 Å². The van der Waals surface area contributed by atoms with E-state index >= 15 is 0 Å². The van der Waals surface area contributed by atoms with Crippen molar-refractivity contribution in [1.29, 1.82) is 0 Å². The molecule has 4 aromatic carbocycles. The lowest BCUT2D eigenvalue weighted by Crippen LogP contribution is -2.51. The molecule has 4 aromatic rings. The van der Waals surface area contributed by atoms with Gasteiger partial charge in [-0.05, 0) is 47.0 Å². The molecule has 0 aliphatic rings. The molecule has 0 aliphatic heterocycles. The molecule has 0 radical (unpaired) electrons. The van der Waals surface area contributed by atoms with Crippen LogP contribution in [0.3, 0.4) is 0 Å². The van der Waals surface area contributed by atoms with E-state index in [1.165, 1.54) is 0 Å². The van der Waals surface area contributed by atoms with E-state index in [1.54, 1.807) is 35.2 Å². The topological polar surface area (TPSA) is 58.6 Å². The first-order valence-electron chi connectivity index (χ1n) is 12.3. The van der Waals surface area contributed by atoms with Gasteiger partial charge in [0.05, 0.1) is 0 Å². The molecule has 0 spiro atoms. The maximum atomic E-state index is 13.7. The molecule has 0 aromatic heterocycles. The summed E-state index contributed by atoms with van der Waals surface area (Å²) < 4.78 is 5.77. The van der Waals surface area contributed by atoms with Crippen molar-refractivity contribution in [1.82, 2.24) is 10.2 Å². The van der Waals surface area contributed by atoms with Gasteiger partial charge in [-0.1, -0.05) is 102 Å². The van der Waals surface area contributed by atoms with Crippen LogP contribution in [0.25, 0.3) is 0 Å². The molecule has 0 unspecified atom stereocenters. The fourth-order valence-electron chi connectivity index (χ4n) is 4.03. The quantitative estimate of drug-likeness (QED) is 0.239. The fourth-order valence-corrected chi connectivity index (χ4v) is 4.36. The predicted octanol–water partition coefficient (Wildman–Crippen LogP) is 6.33. The lowest BCUT2D eigenvalue weighted by molar-refractivity contribution is -0.142. The van der Waals surface area contributed by atoms with Crippen molar-refractivity contribution < 1.29 is 14.3 Å². The first-order valence-corrected chi connectivity index (χ1v) is 13.0. The number of ether oxygens (including phenoxy) is 1. The summed E-state index contributed by atoms with van der Waals surface area (Å²) in [5, 5.41) is 4.15. The summed E-state index contributed by atoms with van der Waals surface area (Å²) in [6.07, 6.45) is 0.333. The third-order valence-electron chi connectivity index (χ3n) is 6.05. The molecular weight excluding hydrogens is 519 g/mol. The molecule has 2 amide bonds. The minimum Gasteiger partial charge on any atom is -0.484 e. The molecule has 1 N–H and O–H groups in total. The highest BCUT2D eigenvalue weighted by Gasteiger charge is 2.30. The zero-order valence-electron chi connectivity index (χ0n) is 20.7. The number of nitrogens with one attached hydrogen (secondary N) is 1. The minimum absolute atomic E-state index is 0.208. The van der Waals surface area contributed by atoms with Gasteiger partial charge >= 0.3 is 0 Å². The van der Waals surface area contributed by atoms with Crippen molar-refractivity contribution >= 4 is 35.0 Å². The van der Waals surface area contributed by atoms with Crippen LogP contribution in [0.4, 0.5) is 0 Å². The number of para-hydroxylation sites is 1. The van der Waals surface area contributed by atoms with Gasteiger partial charge in [-0.2, -0.15) is 0 Å². The van der Waals surface area contributed by atoms with Crippen LogP contribution in [0.5, 0.6) is 5.75 Å². The van der Waals surface area contributed by atoms with Crippen molar-refractivity contribution in [3.8, 4) is 5.75 Å². The van der Waals surface area contributed by atoms with E-state index < -0.39 is 6.04 Å². The highest BCUT2D eigenvalue weighted by molar-refractivity contribution is 6.31. The molecule has 7 heteroatoms. The summed E-state index contributed by atoms with van der Waals surface area (Å²) in [5.74, 6) is -0.0106. The van der Waals surface area contributed by atoms with Gasteiger partial charge in [0.2, 0.25) is 5.91 Å². The maximum absolute atomic E-state index is 13.7. The van der Waals surface area contributed by atoms with Crippen molar-refractivity contribution in [2.75, 3.05) is 6.61 Å². The third kappa shape index (κ3) is 7.85. The Balaban J connectivity index is 1.61. The van der Waals surface area contributed by atoms with Gasteiger partial charge in [0.1, 0.15) is 11.8 Å². The Hall–Kier alpha value is -3.80. The van der Waals surface area contributed by atoms with Gasteiger partial charge in [-0.25, -0.2) is 0 Å². The zero-order valence-corrected chi connectivity index (χ0v) is 22.2. The predicted molar refractivity (Wildman–Crippen MR) is 151 cm³/mol. The minimum atomic E-state index is -0.789. The molecule has 4 rings (SSSR count). The van der Waals surface area contributed by atoms with Gasteiger partial charge in [0.15, 0.2) is 6.61 Å². The van der Waals surface area contributed by atoms with Gasteiger partial charge < -0.3 is 15.0 Å². The smallest absolute Gasteiger partial charge is 0.261 e. The molecule has 0 bridgehead atoms. The summed E-state index contributed by atoms with van der Waals surface area (Å²) in [7, 11) is 0. The Morgan fingerprint density at radius 3 is 2.08 bits per heavy atom. The molecule has 38 heavy (non-hydrogen) atoms. The Kier molecular flexibility index (Phi) is 9.79. The molecule has 0 aliphatic carbocycles. The van der Waals surface area contributed by atoms with Crippen LogP contribution >= 0.6 is 23.2 Å². The molecular formula is C31H28Cl2N2O3.